The minimum absolute atomic E-state index is 0.0216. The smallest absolute Gasteiger partial charge is 0.216 e. The lowest BCUT2D eigenvalue weighted by Crippen LogP contribution is -2.24. The molecule has 18 heavy (non-hydrogen) atoms. The SMILES string of the molecule is COc1ccc2c(I)cn(CCNC(C)=O)c2n1. The predicted molar refractivity (Wildman–Crippen MR) is 77.7 cm³/mol. The van der Waals surface area contributed by atoms with E-state index in [0.717, 1.165) is 14.6 Å². The van der Waals surface area contributed by atoms with E-state index < -0.39 is 0 Å². The molecule has 1 N–H and O–H groups in total. The lowest BCUT2D eigenvalue weighted by atomic mass is 10.3. The quantitative estimate of drug-likeness (QED) is 0.847. The fourth-order valence-electron chi connectivity index (χ4n) is 1.74. The van der Waals surface area contributed by atoms with Gasteiger partial charge in [0.15, 0.2) is 0 Å². The van der Waals surface area contributed by atoms with Crippen LogP contribution in [0.25, 0.3) is 11.0 Å². The molecule has 0 fully saturated rings. The maximum atomic E-state index is 10.8. The molecule has 2 rings (SSSR count). The molecule has 0 aliphatic heterocycles. The lowest BCUT2D eigenvalue weighted by Gasteiger charge is -2.06. The summed E-state index contributed by atoms with van der Waals surface area (Å²) in [6.45, 7) is 2.80. The zero-order chi connectivity index (χ0) is 13.1. The highest BCUT2D eigenvalue weighted by Gasteiger charge is 2.09. The van der Waals surface area contributed by atoms with E-state index in [1.165, 1.54) is 6.92 Å². The second kappa shape index (κ2) is 5.55. The van der Waals surface area contributed by atoms with Gasteiger partial charge in [-0.2, -0.15) is 4.98 Å². The average Bonchev–Trinajstić information content (AvgIpc) is 2.65. The van der Waals surface area contributed by atoms with Crippen molar-refractivity contribution in [3.05, 3.63) is 21.9 Å². The van der Waals surface area contributed by atoms with Gasteiger partial charge >= 0.3 is 0 Å². The Morgan fingerprint density at radius 1 is 1.56 bits per heavy atom. The summed E-state index contributed by atoms with van der Waals surface area (Å²) in [4.78, 5) is 15.3. The lowest BCUT2D eigenvalue weighted by molar-refractivity contribution is -0.118. The standard InChI is InChI=1S/C12H14IN3O2/c1-8(17)14-5-6-16-7-10(13)9-3-4-11(18-2)15-12(9)16/h3-4,7H,5-6H2,1-2H3,(H,14,17). The van der Waals surface area contributed by atoms with Crippen molar-refractivity contribution in [1.82, 2.24) is 14.9 Å². The van der Waals surface area contributed by atoms with Crippen LogP contribution in [0.1, 0.15) is 6.92 Å². The summed E-state index contributed by atoms with van der Waals surface area (Å²) in [6, 6.07) is 3.85. The van der Waals surface area contributed by atoms with Crippen molar-refractivity contribution >= 4 is 39.5 Å². The summed E-state index contributed by atoms with van der Waals surface area (Å²) in [5.74, 6) is 0.574. The van der Waals surface area contributed by atoms with E-state index >= 15 is 0 Å². The van der Waals surface area contributed by atoms with E-state index in [1.807, 2.05) is 22.9 Å². The monoisotopic (exact) mass is 359 g/mol. The highest BCUT2D eigenvalue weighted by molar-refractivity contribution is 14.1. The van der Waals surface area contributed by atoms with Gasteiger partial charge in [0.1, 0.15) is 5.65 Å². The van der Waals surface area contributed by atoms with Crippen LogP contribution in [0.5, 0.6) is 5.88 Å². The number of fused-ring (bicyclic) bond motifs is 1. The minimum Gasteiger partial charge on any atom is -0.481 e. The molecule has 0 radical (unpaired) electrons. The Morgan fingerprint density at radius 2 is 2.33 bits per heavy atom. The van der Waals surface area contributed by atoms with Gasteiger partial charge in [0.05, 0.1) is 7.11 Å². The first-order chi connectivity index (χ1) is 8.61. The Hall–Kier alpha value is -1.31. The first-order valence-corrected chi connectivity index (χ1v) is 6.63. The third-order valence-electron chi connectivity index (χ3n) is 2.58. The Balaban J connectivity index is 2.28. The third kappa shape index (κ3) is 2.74. The highest BCUT2D eigenvalue weighted by atomic mass is 127. The van der Waals surface area contributed by atoms with E-state index in [1.54, 1.807) is 7.11 Å². The normalized spacial score (nSPS) is 10.6. The molecule has 96 valence electrons. The molecule has 1 amide bonds. The van der Waals surface area contributed by atoms with Crippen LogP contribution < -0.4 is 10.1 Å². The number of hydrogen-bond donors (Lipinski definition) is 1. The minimum atomic E-state index is -0.0216. The molecule has 2 aromatic heterocycles. The van der Waals surface area contributed by atoms with Crippen molar-refractivity contribution in [3.63, 3.8) is 0 Å². The van der Waals surface area contributed by atoms with Crippen molar-refractivity contribution in [1.29, 1.82) is 0 Å². The molecule has 0 unspecified atom stereocenters. The van der Waals surface area contributed by atoms with Gasteiger partial charge in [-0.15, -0.1) is 0 Å². The van der Waals surface area contributed by atoms with Crippen molar-refractivity contribution in [2.24, 2.45) is 0 Å². The topological polar surface area (TPSA) is 56.1 Å². The maximum Gasteiger partial charge on any atom is 0.216 e. The summed E-state index contributed by atoms with van der Waals surface area (Å²) < 4.78 is 8.30. The number of hydrogen-bond acceptors (Lipinski definition) is 3. The zero-order valence-electron chi connectivity index (χ0n) is 10.2. The number of halogens is 1. The number of amides is 1. The van der Waals surface area contributed by atoms with Crippen molar-refractivity contribution in [3.8, 4) is 5.88 Å². The number of rotatable bonds is 4. The van der Waals surface area contributed by atoms with Crippen LogP contribution in [0.15, 0.2) is 18.3 Å². The number of nitrogens with zero attached hydrogens (tertiary/aromatic N) is 2. The van der Waals surface area contributed by atoms with E-state index in [2.05, 4.69) is 32.9 Å². The summed E-state index contributed by atoms with van der Waals surface area (Å²) in [6.07, 6.45) is 2.03. The number of methoxy groups -OCH3 is 1. The molecule has 2 heterocycles. The number of ether oxygens (including phenoxy) is 1. The van der Waals surface area contributed by atoms with Gasteiger partial charge in [-0.3, -0.25) is 4.79 Å². The number of pyridine rings is 1. The summed E-state index contributed by atoms with van der Waals surface area (Å²) in [7, 11) is 1.60. The Bertz CT molecular complexity index is 580. The first-order valence-electron chi connectivity index (χ1n) is 5.55. The number of carbonyl (C=O) groups is 1. The molecule has 0 aliphatic rings. The molecule has 6 heteroatoms. The molecule has 2 aromatic rings. The van der Waals surface area contributed by atoms with E-state index in [4.69, 9.17) is 4.74 Å². The molecule has 0 aromatic carbocycles. The third-order valence-corrected chi connectivity index (χ3v) is 3.44. The Morgan fingerprint density at radius 3 is 3.00 bits per heavy atom. The van der Waals surface area contributed by atoms with Crippen LogP contribution in [0, 0.1) is 3.57 Å². The van der Waals surface area contributed by atoms with Gasteiger partial charge in [0, 0.05) is 41.2 Å². The Labute approximate surface area is 119 Å². The van der Waals surface area contributed by atoms with Crippen LogP contribution in [0.3, 0.4) is 0 Å². The van der Waals surface area contributed by atoms with Crippen molar-refractivity contribution in [2.45, 2.75) is 13.5 Å². The molecule has 0 spiro atoms. The molecule has 0 saturated carbocycles. The van der Waals surface area contributed by atoms with Gasteiger partial charge in [-0.1, -0.05) is 0 Å². The second-order valence-corrected chi connectivity index (χ2v) is 5.04. The molecule has 0 atom stereocenters. The van der Waals surface area contributed by atoms with Gasteiger partial charge in [0.25, 0.3) is 0 Å². The van der Waals surface area contributed by atoms with Crippen molar-refractivity contribution < 1.29 is 9.53 Å². The molecule has 5 nitrogen and oxygen atoms in total. The summed E-state index contributed by atoms with van der Waals surface area (Å²) >= 11 is 2.28. The van der Waals surface area contributed by atoms with Gasteiger partial charge in [-0.25, -0.2) is 0 Å². The van der Waals surface area contributed by atoms with Gasteiger partial charge in [-0.05, 0) is 28.7 Å². The molecule has 0 saturated heterocycles. The van der Waals surface area contributed by atoms with Crippen LogP contribution in [-0.4, -0.2) is 29.1 Å². The maximum absolute atomic E-state index is 10.8. The molecular weight excluding hydrogens is 345 g/mol. The Kier molecular flexibility index (Phi) is 4.05. The molecule has 0 aliphatic carbocycles. The fraction of sp³-hybridized carbons (Fsp3) is 0.333. The van der Waals surface area contributed by atoms with E-state index in [0.29, 0.717) is 19.0 Å². The molecular formula is C12H14IN3O2. The highest BCUT2D eigenvalue weighted by Crippen LogP contribution is 2.23. The van der Waals surface area contributed by atoms with Gasteiger partial charge < -0.3 is 14.6 Å². The van der Waals surface area contributed by atoms with Crippen LogP contribution in [-0.2, 0) is 11.3 Å². The molecule has 0 bridgehead atoms. The largest absolute Gasteiger partial charge is 0.481 e. The van der Waals surface area contributed by atoms with Gasteiger partial charge in [0.2, 0.25) is 11.8 Å². The van der Waals surface area contributed by atoms with Crippen LogP contribution in [0.4, 0.5) is 0 Å². The second-order valence-electron chi connectivity index (χ2n) is 3.88. The van der Waals surface area contributed by atoms with E-state index in [9.17, 15) is 4.79 Å². The first kappa shape index (κ1) is 13.1. The number of carbonyl (C=O) groups excluding carboxylic acids is 1. The van der Waals surface area contributed by atoms with Crippen LogP contribution in [0.2, 0.25) is 0 Å². The van der Waals surface area contributed by atoms with Crippen LogP contribution >= 0.6 is 22.6 Å². The average molecular weight is 359 g/mol. The number of aromatic nitrogens is 2. The van der Waals surface area contributed by atoms with Crippen molar-refractivity contribution in [2.75, 3.05) is 13.7 Å². The predicted octanol–water partition coefficient (Wildman–Crippen LogP) is 1.79. The number of nitrogens with one attached hydrogen (secondary N) is 1. The fourth-order valence-corrected chi connectivity index (χ4v) is 2.50. The zero-order valence-corrected chi connectivity index (χ0v) is 12.4. The summed E-state index contributed by atoms with van der Waals surface area (Å²) in [5, 5.41) is 3.87. The summed E-state index contributed by atoms with van der Waals surface area (Å²) in [5.41, 5.74) is 0.879. The van der Waals surface area contributed by atoms with E-state index in [-0.39, 0.29) is 5.91 Å².